The molecule has 1 atom stereocenters. The molecule has 1 aliphatic carbocycles. The minimum atomic E-state index is 0.261. The predicted molar refractivity (Wildman–Crippen MR) is 74.7 cm³/mol. The number of anilines is 1. The first-order chi connectivity index (χ1) is 9.19. The van der Waals surface area contributed by atoms with Crippen molar-refractivity contribution in [3.63, 3.8) is 0 Å². The molecular formula is C13H22N6. The first-order valence-electron chi connectivity index (χ1n) is 6.94. The van der Waals surface area contributed by atoms with Gasteiger partial charge in [0.2, 0.25) is 0 Å². The van der Waals surface area contributed by atoms with Crippen LogP contribution < -0.4 is 11.3 Å². The Morgan fingerprint density at radius 2 is 2.05 bits per heavy atom. The van der Waals surface area contributed by atoms with Crippen molar-refractivity contribution in [3.8, 4) is 0 Å². The number of likely N-dealkylation sites (N-methyl/N-ethyl adjacent to an activating group) is 2. The van der Waals surface area contributed by atoms with Gasteiger partial charge in [-0.2, -0.15) is 0 Å². The number of fused-ring (bicyclic) bond motifs is 1. The van der Waals surface area contributed by atoms with Gasteiger partial charge in [-0.1, -0.05) is 0 Å². The first-order valence-corrected chi connectivity index (χ1v) is 6.94. The monoisotopic (exact) mass is 262 g/mol. The Morgan fingerprint density at radius 3 is 2.84 bits per heavy atom. The zero-order valence-corrected chi connectivity index (χ0v) is 11.7. The van der Waals surface area contributed by atoms with E-state index in [1.54, 1.807) is 0 Å². The summed E-state index contributed by atoms with van der Waals surface area (Å²) in [4.78, 5) is 14.1. The Bertz CT molecular complexity index is 474. The average Bonchev–Trinajstić information content (AvgIpc) is 2.88. The number of hydrogen-bond donors (Lipinski definition) is 2. The summed E-state index contributed by atoms with van der Waals surface area (Å²) in [5, 5.41) is 0. The Morgan fingerprint density at radius 1 is 1.21 bits per heavy atom. The highest BCUT2D eigenvalue weighted by atomic mass is 15.3. The number of hydrogen-bond acceptors (Lipinski definition) is 6. The van der Waals surface area contributed by atoms with Crippen molar-refractivity contribution in [2.24, 2.45) is 5.84 Å². The molecule has 0 bridgehead atoms. The molecule has 104 valence electrons. The minimum Gasteiger partial charge on any atom is -0.308 e. The summed E-state index contributed by atoms with van der Waals surface area (Å²) in [6.07, 6.45) is 3.24. The van der Waals surface area contributed by atoms with Crippen molar-refractivity contribution in [1.29, 1.82) is 0 Å². The molecule has 6 heteroatoms. The molecule has 2 heterocycles. The van der Waals surface area contributed by atoms with Crippen molar-refractivity contribution < 1.29 is 0 Å². The fourth-order valence-electron chi connectivity index (χ4n) is 3.01. The topological polar surface area (TPSA) is 70.3 Å². The van der Waals surface area contributed by atoms with Gasteiger partial charge in [0, 0.05) is 30.9 Å². The predicted octanol–water partition coefficient (Wildman–Crippen LogP) is 0.169. The maximum atomic E-state index is 5.62. The fraction of sp³-hybridized carbons (Fsp3) is 0.692. The number of nitrogens with one attached hydrogen (secondary N) is 1. The highest BCUT2D eigenvalue weighted by Crippen LogP contribution is 2.29. The van der Waals surface area contributed by atoms with E-state index in [1.807, 2.05) is 0 Å². The van der Waals surface area contributed by atoms with Gasteiger partial charge in [-0.3, -0.25) is 4.90 Å². The summed E-state index contributed by atoms with van der Waals surface area (Å²) < 4.78 is 0. The second kappa shape index (κ2) is 5.03. The molecule has 1 aliphatic heterocycles. The molecule has 0 saturated carbocycles. The zero-order chi connectivity index (χ0) is 13.4. The summed E-state index contributed by atoms with van der Waals surface area (Å²) >= 11 is 0. The van der Waals surface area contributed by atoms with Gasteiger partial charge in [0.25, 0.3) is 0 Å². The van der Waals surface area contributed by atoms with Gasteiger partial charge in [-0.25, -0.2) is 15.8 Å². The lowest BCUT2D eigenvalue weighted by molar-refractivity contribution is 0.109. The van der Waals surface area contributed by atoms with Crippen molar-refractivity contribution in [1.82, 2.24) is 19.8 Å². The first kappa shape index (κ1) is 12.8. The molecule has 2 aliphatic rings. The van der Waals surface area contributed by atoms with E-state index in [0.29, 0.717) is 0 Å². The summed E-state index contributed by atoms with van der Waals surface area (Å²) in [7, 11) is 4.29. The quantitative estimate of drug-likeness (QED) is 0.585. The molecule has 0 amide bonds. The summed E-state index contributed by atoms with van der Waals surface area (Å²) in [6.45, 7) is 3.12. The molecular weight excluding hydrogens is 240 g/mol. The number of hydrazine groups is 1. The van der Waals surface area contributed by atoms with E-state index in [-0.39, 0.29) is 6.04 Å². The molecule has 3 N–H and O–H groups in total. The van der Waals surface area contributed by atoms with Crippen LogP contribution in [0.1, 0.15) is 29.5 Å². The lowest BCUT2D eigenvalue weighted by atomic mass is 10.1. The van der Waals surface area contributed by atoms with Crippen molar-refractivity contribution >= 4 is 5.82 Å². The molecule has 1 saturated heterocycles. The maximum Gasteiger partial charge on any atom is 0.149 e. The van der Waals surface area contributed by atoms with Crippen molar-refractivity contribution in [2.75, 3.05) is 39.2 Å². The second-order valence-electron chi connectivity index (χ2n) is 5.61. The molecule has 1 aromatic rings. The molecule has 1 fully saturated rings. The normalized spacial score (nSPS) is 24.5. The standard InChI is InChI=1S/C13H22N6/c1-18-6-7-19(2)11(8-18)13-15-10-5-3-4-9(10)12(16-13)17-14/h11H,3-8,14H2,1-2H3,(H,15,16,17). The van der Waals surface area contributed by atoms with Gasteiger partial charge in [-0.15, -0.1) is 0 Å². The lowest BCUT2D eigenvalue weighted by Crippen LogP contribution is -2.45. The van der Waals surface area contributed by atoms with E-state index in [0.717, 1.165) is 50.5 Å². The Labute approximate surface area is 114 Å². The van der Waals surface area contributed by atoms with E-state index in [2.05, 4.69) is 34.3 Å². The number of aryl methyl sites for hydroxylation is 1. The molecule has 19 heavy (non-hydrogen) atoms. The van der Waals surface area contributed by atoms with E-state index >= 15 is 0 Å². The summed E-state index contributed by atoms with van der Waals surface area (Å²) in [6, 6.07) is 0.261. The van der Waals surface area contributed by atoms with Crippen LogP contribution in [0, 0.1) is 0 Å². The third kappa shape index (κ3) is 2.31. The molecule has 0 radical (unpaired) electrons. The number of nitrogen functional groups attached to an aromatic ring is 1. The van der Waals surface area contributed by atoms with Crippen LogP contribution in [0.3, 0.4) is 0 Å². The third-order valence-electron chi connectivity index (χ3n) is 4.24. The number of rotatable bonds is 2. The van der Waals surface area contributed by atoms with Gasteiger partial charge in [0.05, 0.1) is 6.04 Å². The third-order valence-corrected chi connectivity index (χ3v) is 4.24. The van der Waals surface area contributed by atoms with E-state index in [9.17, 15) is 0 Å². The van der Waals surface area contributed by atoms with Crippen molar-refractivity contribution in [3.05, 3.63) is 17.1 Å². The van der Waals surface area contributed by atoms with Crippen LogP contribution in [0.4, 0.5) is 5.82 Å². The van der Waals surface area contributed by atoms with Crippen LogP contribution >= 0.6 is 0 Å². The van der Waals surface area contributed by atoms with Crippen LogP contribution in [0.15, 0.2) is 0 Å². The molecule has 1 aromatic heterocycles. The number of piperazine rings is 1. The van der Waals surface area contributed by atoms with Crippen LogP contribution in [0.2, 0.25) is 0 Å². The zero-order valence-electron chi connectivity index (χ0n) is 11.7. The number of aromatic nitrogens is 2. The van der Waals surface area contributed by atoms with Crippen LogP contribution in [-0.2, 0) is 12.8 Å². The van der Waals surface area contributed by atoms with E-state index < -0.39 is 0 Å². The lowest BCUT2D eigenvalue weighted by Gasteiger charge is -2.36. The smallest absolute Gasteiger partial charge is 0.149 e. The molecule has 0 spiro atoms. The number of nitrogens with two attached hydrogens (primary N) is 1. The molecule has 6 nitrogen and oxygen atoms in total. The number of nitrogens with zero attached hydrogens (tertiary/aromatic N) is 4. The van der Waals surface area contributed by atoms with Gasteiger partial charge in [0.15, 0.2) is 0 Å². The van der Waals surface area contributed by atoms with E-state index in [4.69, 9.17) is 10.8 Å². The summed E-state index contributed by atoms with van der Waals surface area (Å²) in [5.41, 5.74) is 5.14. The van der Waals surface area contributed by atoms with Crippen LogP contribution in [-0.4, -0.2) is 53.5 Å². The second-order valence-corrected chi connectivity index (χ2v) is 5.61. The van der Waals surface area contributed by atoms with Crippen molar-refractivity contribution in [2.45, 2.75) is 25.3 Å². The minimum absolute atomic E-state index is 0.261. The average molecular weight is 262 g/mol. The Hall–Kier alpha value is -1.24. The van der Waals surface area contributed by atoms with Gasteiger partial charge < -0.3 is 10.3 Å². The molecule has 1 unspecified atom stereocenters. The van der Waals surface area contributed by atoms with Gasteiger partial charge >= 0.3 is 0 Å². The summed E-state index contributed by atoms with van der Waals surface area (Å²) in [5.74, 6) is 7.34. The van der Waals surface area contributed by atoms with E-state index in [1.165, 1.54) is 11.3 Å². The Kier molecular flexibility index (Phi) is 3.38. The molecule has 3 rings (SSSR count). The van der Waals surface area contributed by atoms with Gasteiger partial charge in [-0.05, 0) is 33.4 Å². The largest absolute Gasteiger partial charge is 0.308 e. The van der Waals surface area contributed by atoms with Crippen LogP contribution in [0.25, 0.3) is 0 Å². The highest BCUT2D eigenvalue weighted by molar-refractivity contribution is 5.48. The fourth-order valence-corrected chi connectivity index (χ4v) is 3.01. The Balaban J connectivity index is 1.96. The van der Waals surface area contributed by atoms with Gasteiger partial charge in [0.1, 0.15) is 11.6 Å². The molecule has 0 aromatic carbocycles. The SMILES string of the molecule is CN1CCN(C)C(c2nc3c(c(NN)n2)CCC3)C1. The highest BCUT2D eigenvalue weighted by Gasteiger charge is 2.28. The maximum absolute atomic E-state index is 5.62. The van der Waals surface area contributed by atoms with Crippen LogP contribution in [0.5, 0.6) is 0 Å².